The summed E-state index contributed by atoms with van der Waals surface area (Å²) in [6, 6.07) is 21.4. The Kier molecular flexibility index (Phi) is 15.5. The van der Waals surface area contributed by atoms with Crippen LogP contribution in [0.15, 0.2) is 60.7 Å². The Balaban J connectivity index is 0.000000563. The number of hydrogen-bond donors (Lipinski definition) is 0. The summed E-state index contributed by atoms with van der Waals surface area (Å²) < 4.78 is 44.2. The summed E-state index contributed by atoms with van der Waals surface area (Å²) in [4.78, 5) is 0. The number of rotatable bonds is 5. The number of halogens is 4. The minimum atomic E-state index is -6.00. The maximum absolute atomic E-state index is 9.75. The molecule has 3 aromatic carbocycles. The molecular formula is C27H35BF4OPRu. The summed E-state index contributed by atoms with van der Waals surface area (Å²) >= 11 is 0. The summed E-state index contributed by atoms with van der Waals surface area (Å²) in [5.41, 5.74) is 8.73. The molecule has 0 N–H and O–H groups in total. The van der Waals surface area contributed by atoms with Crippen molar-refractivity contribution in [3.8, 4) is 0 Å². The SMILES string of the molecule is COCCP(c1ccccc1)c1ccccc1.Cc1c(C)c(C)c(C)c(C)c1C.F[B-](F)(F)F.[Ru+]. The van der Waals surface area contributed by atoms with Gasteiger partial charge in [-0.3, -0.25) is 0 Å². The summed E-state index contributed by atoms with van der Waals surface area (Å²) in [6.07, 6.45) is 1.08. The van der Waals surface area contributed by atoms with Crippen LogP contribution in [-0.2, 0) is 24.2 Å². The molecule has 0 bridgehead atoms. The van der Waals surface area contributed by atoms with Gasteiger partial charge in [0.1, 0.15) is 0 Å². The average molecular weight is 594 g/mol. The van der Waals surface area contributed by atoms with Gasteiger partial charge >= 0.3 is 26.7 Å². The van der Waals surface area contributed by atoms with Crippen molar-refractivity contribution in [1.82, 2.24) is 0 Å². The van der Waals surface area contributed by atoms with Crippen LogP contribution in [0.1, 0.15) is 33.4 Å². The van der Waals surface area contributed by atoms with E-state index in [1.807, 2.05) is 0 Å². The number of ether oxygens (including phenoxy) is 1. The largest absolute Gasteiger partial charge is 1.00 e. The fourth-order valence-electron chi connectivity index (χ4n) is 3.49. The summed E-state index contributed by atoms with van der Waals surface area (Å²) in [5.74, 6) is 0. The molecule has 0 saturated heterocycles. The van der Waals surface area contributed by atoms with Gasteiger partial charge in [-0.2, -0.15) is 0 Å². The quantitative estimate of drug-likeness (QED) is 0.168. The van der Waals surface area contributed by atoms with Crippen molar-refractivity contribution < 1.29 is 41.5 Å². The van der Waals surface area contributed by atoms with Crippen molar-refractivity contribution >= 4 is 25.8 Å². The maximum atomic E-state index is 9.75. The zero-order chi connectivity index (χ0) is 25.9. The first-order valence-corrected chi connectivity index (χ1v) is 12.7. The molecule has 193 valence electrons. The summed E-state index contributed by atoms with van der Waals surface area (Å²) in [7, 11) is -4.51. The van der Waals surface area contributed by atoms with Crippen LogP contribution in [0, 0.1) is 41.5 Å². The Hall–Kier alpha value is -1.54. The first kappa shape index (κ1) is 33.5. The molecule has 35 heavy (non-hydrogen) atoms. The van der Waals surface area contributed by atoms with E-state index in [1.165, 1.54) is 44.0 Å². The second-order valence-electron chi connectivity index (χ2n) is 8.06. The first-order chi connectivity index (χ1) is 15.9. The second-order valence-corrected chi connectivity index (χ2v) is 10.4. The second kappa shape index (κ2) is 16.3. The van der Waals surface area contributed by atoms with Crippen LogP contribution < -0.4 is 10.6 Å². The molecule has 0 aromatic heterocycles. The van der Waals surface area contributed by atoms with Crippen molar-refractivity contribution in [3.05, 3.63) is 94.0 Å². The predicted molar refractivity (Wildman–Crippen MR) is 141 cm³/mol. The normalized spacial score (nSPS) is 10.5. The van der Waals surface area contributed by atoms with Gasteiger partial charge in [0.05, 0.1) is 6.61 Å². The van der Waals surface area contributed by atoms with E-state index in [0.717, 1.165) is 12.8 Å². The fourth-order valence-corrected chi connectivity index (χ4v) is 5.74. The van der Waals surface area contributed by atoms with Crippen LogP contribution in [-0.4, -0.2) is 27.1 Å². The molecule has 0 atom stereocenters. The molecule has 3 aromatic rings. The third kappa shape index (κ3) is 11.8. The molecule has 0 fully saturated rings. The first-order valence-electron chi connectivity index (χ1n) is 11.2. The van der Waals surface area contributed by atoms with Gasteiger partial charge in [0.25, 0.3) is 0 Å². The Morgan fingerprint density at radius 3 is 1.09 bits per heavy atom. The number of benzene rings is 3. The van der Waals surface area contributed by atoms with Gasteiger partial charge in [-0.25, -0.2) is 0 Å². The molecule has 1 nitrogen and oxygen atoms in total. The zero-order valence-corrected chi connectivity index (χ0v) is 24.1. The molecule has 0 spiro atoms. The van der Waals surface area contributed by atoms with Crippen molar-refractivity contribution in [3.63, 3.8) is 0 Å². The number of methoxy groups -OCH3 is 1. The summed E-state index contributed by atoms with van der Waals surface area (Å²) in [6.45, 7) is 14.1. The monoisotopic (exact) mass is 595 g/mol. The van der Waals surface area contributed by atoms with Crippen molar-refractivity contribution in [2.45, 2.75) is 41.5 Å². The Morgan fingerprint density at radius 2 is 0.857 bits per heavy atom. The standard InChI is InChI=1S/C15H17OP.C12H18.BF4.Ru/c1-16-12-13-17(14-8-4-2-5-9-14)15-10-6-3-7-11-15;1-7-8(2)10(4)12(6)11(5)9(7)3;2-1(3,4)5;/h2-11H,12-13H2,1H3;1-6H3;;/q;;-1;+1. The van der Waals surface area contributed by atoms with Crippen LogP contribution in [0.5, 0.6) is 0 Å². The van der Waals surface area contributed by atoms with E-state index in [9.17, 15) is 17.3 Å². The third-order valence-corrected chi connectivity index (χ3v) is 8.50. The van der Waals surface area contributed by atoms with Gasteiger partial charge in [-0.05, 0) is 99.6 Å². The van der Waals surface area contributed by atoms with E-state index >= 15 is 0 Å². The van der Waals surface area contributed by atoms with E-state index in [4.69, 9.17) is 4.74 Å². The molecular weight excluding hydrogens is 559 g/mol. The van der Waals surface area contributed by atoms with Crippen LogP contribution in [0.25, 0.3) is 0 Å². The van der Waals surface area contributed by atoms with Crippen LogP contribution >= 0.6 is 7.92 Å². The molecule has 0 saturated carbocycles. The molecule has 8 heteroatoms. The maximum Gasteiger partial charge on any atom is 1.00 e. The Bertz CT molecular complexity index is 865. The Labute approximate surface area is 222 Å². The van der Waals surface area contributed by atoms with E-state index < -0.39 is 7.25 Å². The van der Waals surface area contributed by atoms with Gasteiger partial charge in [-0.1, -0.05) is 60.7 Å². The van der Waals surface area contributed by atoms with Crippen LogP contribution in [0.2, 0.25) is 0 Å². The average Bonchev–Trinajstić information content (AvgIpc) is 2.81. The van der Waals surface area contributed by atoms with Crippen molar-refractivity contribution in [1.29, 1.82) is 0 Å². The van der Waals surface area contributed by atoms with E-state index in [-0.39, 0.29) is 27.4 Å². The van der Waals surface area contributed by atoms with Crippen LogP contribution in [0.3, 0.4) is 0 Å². The minimum Gasteiger partial charge on any atom is -0.418 e. The summed E-state index contributed by atoms with van der Waals surface area (Å²) in [5, 5.41) is 2.84. The van der Waals surface area contributed by atoms with Crippen LogP contribution in [0.4, 0.5) is 17.3 Å². The number of hydrogen-bond acceptors (Lipinski definition) is 1. The van der Waals surface area contributed by atoms with Gasteiger partial charge in [0.15, 0.2) is 0 Å². The third-order valence-electron chi connectivity index (χ3n) is 6.03. The molecule has 0 aliphatic rings. The van der Waals surface area contributed by atoms with Gasteiger partial charge in [-0.15, -0.1) is 0 Å². The van der Waals surface area contributed by atoms with E-state index in [2.05, 4.69) is 102 Å². The molecule has 0 aliphatic carbocycles. The van der Waals surface area contributed by atoms with Gasteiger partial charge in [0, 0.05) is 7.11 Å². The van der Waals surface area contributed by atoms with Crippen molar-refractivity contribution in [2.75, 3.05) is 19.9 Å². The van der Waals surface area contributed by atoms with E-state index in [0.29, 0.717) is 0 Å². The molecule has 1 radical (unpaired) electrons. The molecule has 3 rings (SSSR count). The smallest absolute Gasteiger partial charge is 0.418 e. The van der Waals surface area contributed by atoms with Gasteiger partial charge in [0.2, 0.25) is 0 Å². The molecule has 0 heterocycles. The minimum absolute atomic E-state index is 0. The Morgan fingerprint density at radius 1 is 0.600 bits per heavy atom. The fraction of sp³-hybridized carbons (Fsp3) is 0.333. The van der Waals surface area contributed by atoms with Gasteiger partial charge < -0.3 is 22.0 Å². The molecule has 0 unspecified atom stereocenters. The van der Waals surface area contributed by atoms with E-state index in [1.54, 1.807) is 7.11 Å². The molecule has 0 aliphatic heterocycles. The molecule has 0 amide bonds. The zero-order valence-electron chi connectivity index (χ0n) is 21.5. The van der Waals surface area contributed by atoms with Crippen molar-refractivity contribution in [2.24, 2.45) is 0 Å². The topological polar surface area (TPSA) is 9.23 Å². The predicted octanol–water partition coefficient (Wildman–Crippen LogP) is 7.60.